The van der Waals surface area contributed by atoms with Gasteiger partial charge in [-0.25, -0.2) is 4.79 Å². The molecule has 2 fully saturated rings. The van der Waals surface area contributed by atoms with Gasteiger partial charge >= 0.3 is 6.09 Å². The summed E-state index contributed by atoms with van der Waals surface area (Å²) in [6.45, 7) is 7.61. The van der Waals surface area contributed by atoms with Crippen molar-refractivity contribution in [3.05, 3.63) is 0 Å². The molecule has 5 nitrogen and oxygen atoms in total. The summed E-state index contributed by atoms with van der Waals surface area (Å²) < 4.78 is 11.4. The minimum absolute atomic E-state index is 0.0896. The van der Waals surface area contributed by atoms with Gasteiger partial charge in [0.15, 0.2) is 0 Å². The summed E-state index contributed by atoms with van der Waals surface area (Å²) in [5, 5.41) is 3.22. The Hall–Kier alpha value is -0.810. The van der Waals surface area contributed by atoms with Gasteiger partial charge in [0.1, 0.15) is 5.60 Å². The maximum Gasteiger partial charge on any atom is 0.411 e. The molecule has 20 heavy (non-hydrogen) atoms. The van der Waals surface area contributed by atoms with Crippen molar-refractivity contribution in [2.45, 2.75) is 70.6 Å². The third-order valence-electron chi connectivity index (χ3n) is 3.81. The van der Waals surface area contributed by atoms with Crippen LogP contribution in [0.3, 0.4) is 0 Å². The number of ether oxygens (including phenoxy) is 2. The van der Waals surface area contributed by atoms with Crippen LogP contribution in [0, 0.1) is 0 Å². The fourth-order valence-electron chi connectivity index (χ4n) is 2.75. The Morgan fingerprint density at radius 1 is 1.25 bits per heavy atom. The molecule has 1 aliphatic heterocycles. The Morgan fingerprint density at radius 2 is 1.95 bits per heavy atom. The summed E-state index contributed by atoms with van der Waals surface area (Å²) in [5.74, 6) is 0. The molecule has 2 aliphatic rings. The molecular formula is C15H28N2O3. The molecule has 5 heteroatoms. The normalized spacial score (nSPS) is 24.9. The summed E-state index contributed by atoms with van der Waals surface area (Å²) in [6, 6.07) is 0.0896. The Kier molecular flexibility index (Phi) is 5.27. The number of nitrogens with one attached hydrogen (secondary N) is 1. The summed E-state index contributed by atoms with van der Waals surface area (Å²) in [6.07, 6.45) is 6.31. The maximum absolute atomic E-state index is 12.1. The number of carbonyl (C=O) groups excluding carboxylic acids is 1. The first-order valence-corrected chi connectivity index (χ1v) is 7.77. The van der Waals surface area contributed by atoms with E-state index in [0.717, 1.165) is 19.4 Å². The van der Waals surface area contributed by atoms with E-state index in [2.05, 4.69) is 5.32 Å². The van der Waals surface area contributed by atoms with Crippen molar-refractivity contribution in [1.29, 1.82) is 0 Å². The van der Waals surface area contributed by atoms with Crippen molar-refractivity contribution in [1.82, 2.24) is 10.2 Å². The van der Waals surface area contributed by atoms with E-state index >= 15 is 0 Å². The second-order valence-corrected chi connectivity index (χ2v) is 6.81. The predicted molar refractivity (Wildman–Crippen MR) is 77.6 cm³/mol. The van der Waals surface area contributed by atoms with Crippen molar-refractivity contribution in [2.24, 2.45) is 0 Å². The molecular weight excluding hydrogens is 256 g/mol. The predicted octanol–water partition coefficient (Wildman–Crippen LogP) is 2.50. The summed E-state index contributed by atoms with van der Waals surface area (Å²) in [7, 11) is 0. The Labute approximate surface area is 122 Å². The highest BCUT2D eigenvalue weighted by molar-refractivity contribution is 5.68. The quantitative estimate of drug-likeness (QED) is 0.865. The highest BCUT2D eigenvalue weighted by atomic mass is 16.6. The van der Waals surface area contributed by atoms with E-state index in [1.807, 2.05) is 20.8 Å². The van der Waals surface area contributed by atoms with Crippen LogP contribution in [0.25, 0.3) is 0 Å². The lowest BCUT2D eigenvalue weighted by Crippen LogP contribution is -2.43. The van der Waals surface area contributed by atoms with Gasteiger partial charge in [0.2, 0.25) is 0 Å². The standard InChI is InChI=1S/C15H28N2O3/c1-15(2,3)20-14(18)17-11-16-9-12(17)10-19-13-7-5-4-6-8-13/h12-13,16H,4-11H2,1-3H3. The Bertz CT molecular complexity index is 322. The Morgan fingerprint density at radius 3 is 2.60 bits per heavy atom. The number of carbonyl (C=O) groups is 1. The van der Waals surface area contributed by atoms with Crippen LogP contribution in [0.2, 0.25) is 0 Å². The van der Waals surface area contributed by atoms with Crippen molar-refractivity contribution < 1.29 is 14.3 Å². The van der Waals surface area contributed by atoms with Crippen LogP contribution in [0.5, 0.6) is 0 Å². The van der Waals surface area contributed by atoms with Crippen LogP contribution in [-0.4, -0.2) is 48.6 Å². The number of rotatable bonds is 3. The first-order chi connectivity index (χ1) is 9.46. The van der Waals surface area contributed by atoms with E-state index in [1.165, 1.54) is 19.3 Å². The minimum Gasteiger partial charge on any atom is -0.444 e. The van der Waals surface area contributed by atoms with E-state index in [1.54, 1.807) is 4.90 Å². The van der Waals surface area contributed by atoms with Crippen LogP contribution in [-0.2, 0) is 9.47 Å². The largest absolute Gasteiger partial charge is 0.444 e. The molecule has 0 aromatic carbocycles. The van der Waals surface area contributed by atoms with Crippen LogP contribution in [0.15, 0.2) is 0 Å². The fraction of sp³-hybridized carbons (Fsp3) is 0.933. The average Bonchev–Trinajstić information content (AvgIpc) is 2.84. The SMILES string of the molecule is CC(C)(C)OC(=O)N1CNCC1COC1CCCCC1. The maximum atomic E-state index is 12.1. The fourth-order valence-corrected chi connectivity index (χ4v) is 2.75. The lowest BCUT2D eigenvalue weighted by Gasteiger charge is -2.29. The molecule has 0 bridgehead atoms. The molecule has 1 atom stereocenters. The number of hydrogen-bond acceptors (Lipinski definition) is 4. The van der Waals surface area contributed by atoms with Crippen molar-refractivity contribution in [3.8, 4) is 0 Å². The first kappa shape index (κ1) is 15.6. The van der Waals surface area contributed by atoms with Crippen LogP contribution >= 0.6 is 0 Å². The summed E-state index contributed by atoms with van der Waals surface area (Å²) >= 11 is 0. The van der Waals surface area contributed by atoms with Gasteiger partial charge in [-0.15, -0.1) is 0 Å². The molecule has 2 rings (SSSR count). The second kappa shape index (κ2) is 6.76. The molecule has 1 saturated carbocycles. The van der Waals surface area contributed by atoms with E-state index in [-0.39, 0.29) is 12.1 Å². The highest BCUT2D eigenvalue weighted by Crippen LogP contribution is 2.21. The van der Waals surface area contributed by atoms with Gasteiger partial charge in [-0.1, -0.05) is 19.3 Å². The molecule has 1 amide bonds. The third kappa shape index (κ3) is 4.63. The zero-order valence-corrected chi connectivity index (χ0v) is 13.0. The van der Waals surface area contributed by atoms with Gasteiger partial charge < -0.3 is 9.47 Å². The van der Waals surface area contributed by atoms with Gasteiger partial charge in [-0.3, -0.25) is 10.2 Å². The third-order valence-corrected chi connectivity index (χ3v) is 3.81. The molecule has 0 aromatic heterocycles. The molecule has 0 aromatic rings. The van der Waals surface area contributed by atoms with Gasteiger partial charge in [0.25, 0.3) is 0 Å². The molecule has 0 radical (unpaired) electrons. The monoisotopic (exact) mass is 284 g/mol. The molecule has 1 N–H and O–H groups in total. The van der Waals surface area contributed by atoms with Crippen LogP contribution in [0.1, 0.15) is 52.9 Å². The van der Waals surface area contributed by atoms with Gasteiger partial charge in [-0.2, -0.15) is 0 Å². The molecule has 1 heterocycles. The lowest BCUT2D eigenvalue weighted by molar-refractivity contribution is -0.0127. The van der Waals surface area contributed by atoms with Gasteiger partial charge in [0.05, 0.1) is 25.4 Å². The van der Waals surface area contributed by atoms with E-state index < -0.39 is 5.60 Å². The highest BCUT2D eigenvalue weighted by Gasteiger charge is 2.32. The van der Waals surface area contributed by atoms with Crippen molar-refractivity contribution in [2.75, 3.05) is 19.8 Å². The summed E-state index contributed by atoms with van der Waals surface area (Å²) in [5.41, 5.74) is -0.450. The van der Waals surface area contributed by atoms with E-state index in [0.29, 0.717) is 19.4 Å². The summed E-state index contributed by atoms with van der Waals surface area (Å²) in [4.78, 5) is 13.9. The van der Waals surface area contributed by atoms with Crippen LogP contribution < -0.4 is 5.32 Å². The van der Waals surface area contributed by atoms with Crippen molar-refractivity contribution in [3.63, 3.8) is 0 Å². The van der Waals surface area contributed by atoms with Crippen molar-refractivity contribution >= 4 is 6.09 Å². The molecule has 1 unspecified atom stereocenters. The topological polar surface area (TPSA) is 50.8 Å². The van der Waals surface area contributed by atoms with Crippen LogP contribution in [0.4, 0.5) is 4.79 Å². The average molecular weight is 284 g/mol. The molecule has 1 aliphatic carbocycles. The smallest absolute Gasteiger partial charge is 0.411 e. The van der Waals surface area contributed by atoms with Gasteiger partial charge in [-0.05, 0) is 33.6 Å². The van der Waals surface area contributed by atoms with E-state index in [9.17, 15) is 4.79 Å². The number of hydrogen-bond donors (Lipinski definition) is 1. The Balaban J connectivity index is 1.79. The molecule has 1 saturated heterocycles. The second-order valence-electron chi connectivity index (χ2n) is 6.81. The number of amides is 1. The zero-order valence-electron chi connectivity index (χ0n) is 13.0. The first-order valence-electron chi connectivity index (χ1n) is 7.77. The zero-order chi connectivity index (χ0) is 14.6. The molecule has 0 spiro atoms. The minimum atomic E-state index is -0.450. The van der Waals surface area contributed by atoms with Gasteiger partial charge in [0, 0.05) is 6.54 Å². The van der Waals surface area contributed by atoms with E-state index in [4.69, 9.17) is 9.47 Å². The molecule has 116 valence electrons. The lowest BCUT2D eigenvalue weighted by atomic mass is 9.98. The number of nitrogens with zero attached hydrogens (tertiary/aromatic N) is 1.